The summed E-state index contributed by atoms with van der Waals surface area (Å²) in [6, 6.07) is 22.9. The quantitative estimate of drug-likeness (QED) is 0.435. The highest BCUT2D eigenvalue weighted by Gasteiger charge is 2.15. The number of rotatable bonds is 5. The molecule has 6 heteroatoms. The number of benzene rings is 3. The Bertz CT molecular complexity index is 1440. The van der Waals surface area contributed by atoms with Crippen LogP contribution in [0.25, 0.3) is 33.5 Å². The summed E-state index contributed by atoms with van der Waals surface area (Å²) in [6.45, 7) is 0.479. The monoisotopic (exact) mass is 408 g/mol. The van der Waals surface area contributed by atoms with Crippen LogP contribution in [0.4, 0.5) is 0 Å². The number of ether oxygens (including phenoxy) is 1. The van der Waals surface area contributed by atoms with E-state index in [1.807, 2.05) is 72.8 Å². The Labute approximate surface area is 178 Å². The van der Waals surface area contributed by atoms with E-state index in [1.165, 1.54) is 0 Å². The van der Waals surface area contributed by atoms with Crippen LogP contribution in [0.3, 0.4) is 0 Å². The molecule has 2 heterocycles. The lowest BCUT2D eigenvalue weighted by Gasteiger charge is -2.13. The van der Waals surface area contributed by atoms with Crippen LogP contribution in [0, 0.1) is 0 Å². The summed E-state index contributed by atoms with van der Waals surface area (Å²) in [6.07, 6.45) is 2.36. The summed E-state index contributed by atoms with van der Waals surface area (Å²) in [5.41, 5.74) is 3.83. The fourth-order valence-corrected chi connectivity index (χ4v) is 3.67. The Hall–Kier alpha value is -4.06. The van der Waals surface area contributed by atoms with Gasteiger partial charge in [-0.15, -0.1) is 0 Å². The van der Waals surface area contributed by atoms with Gasteiger partial charge in [-0.2, -0.15) is 0 Å². The molecule has 5 rings (SSSR count). The van der Waals surface area contributed by atoms with E-state index in [1.54, 1.807) is 17.9 Å². The van der Waals surface area contributed by atoms with E-state index in [2.05, 4.69) is 4.98 Å². The van der Waals surface area contributed by atoms with Gasteiger partial charge in [0.1, 0.15) is 11.4 Å². The largest absolute Gasteiger partial charge is 0.497 e. The summed E-state index contributed by atoms with van der Waals surface area (Å²) in [5.74, 6) is 1.33. The van der Waals surface area contributed by atoms with Crippen LogP contribution in [0.15, 0.2) is 83.8 Å². The van der Waals surface area contributed by atoms with Gasteiger partial charge >= 0.3 is 0 Å². The minimum Gasteiger partial charge on any atom is -0.497 e. The molecule has 0 aliphatic carbocycles. The van der Waals surface area contributed by atoms with Crippen molar-refractivity contribution < 1.29 is 4.74 Å². The molecule has 0 unspecified atom stereocenters. The Kier molecular flexibility index (Phi) is 4.88. The van der Waals surface area contributed by atoms with E-state index in [0.717, 1.165) is 22.3 Å². The van der Waals surface area contributed by atoms with E-state index in [9.17, 15) is 4.79 Å². The summed E-state index contributed by atoms with van der Waals surface area (Å²) in [5, 5.41) is 0.592. The number of aryl methyl sites for hydroxylation is 1. The second-order valence-corrected chi connectivity index (χ2v) is 7.25. The molecule has 3 aromatic carbocycles. The standard InChI is InChI=1S/C25H20N4O2/c1-31-18-12-10-17(11-13-18)14-15-29-24(28-20-7-3-2-6-19(20)25(29)30)23-16-26-21-8-4-5-9-22(21)27-23/h2-13,16H,14-15H2,1H3. The van der Waals surface area contributed by atoms with Gasteiger partial charge in [-0.25, -0.2) is 9.97 Å². The third-order valence-corrected chi connectivity index (χ3v) is 5.32. The molecule has 0 saturated carbocycles. The predicted octanol–water partition coefficient (Wildman–Crippen LogP) is 4.26. The second-order valence-electron chi connectivity index (χ2n) is 7.25. The molecule has 0 spiro atoms. The summed E-state index contributed by atoms with van der Waals surface area (Å²) >= 11 is 0. The van der Waals surface area contributed by atoms with Crippen molar-refractivity contribution in [2.75, 3.05) is 7.11 Å². The molecule has 6 nitrogen and oxygen atoms in total. The highest BCUT2D eigenvalue weighted by atomic mass is 16.5. The van der Waals surface area contributed by atoms with E-state index in [-0.39, 0.29) is 5.56 Å². The van der Waals surface area contributed by atoms with Gasteiger partial charge in [0.2, 0.25) is 0 Å². The highest BCUT2D eigenvalue weighted by Crippen LogP contribution is 2.20. The van der Waals surface area contributed by atoms with E-state index < -0.39 is 0 Å². The average Bonchev–Trinajstić information content (AvgIpc) is 2.83. The van der Waals surface area contributed by atoms with Crippen LogP contribution >= 0.6 is 0 Å². The van der Waals surface area contributed by atoms with Gasteiger partial charge in [-0.05, 0) is 48.4 Å². The van der Waals surface area contributed by atoms with E-state index in [0.29, 0.717) is 35.4 Å². The molecule has 0 fully saturated rings. The van der Waals surface area contributed by atoms with Crippen LogP contribution in [0.2, 0.25) is 0 Å². The van der Waals surface area contributed by atoms with Gasteiger partial charge in [-0.3, -0.25) is 14.3 Å². The van der Waals surface area contributed by atoms with Gasteiger partial charge in [0.05, 0.1) is 35.2 Å². The maximum absolute atomic E-state index is 13.4. The first-order valence-electron chi connectivity index (χ1n) is 10.1. The molecule has 0 aliphatic heterocycles. The average molecular weight is 408 g/mol. The normalized spacial score (nSPS) is 11.1. The molecule has 152 valence electrons. The molecule has 0 saturated heterocycles. The number of para-hydroxylation sites is 3. The molecule has 0 aliphatic rings. The number of nitrogens with zero attached hydrogens (tertiary/aromatic N) is 4. The first-order valence-corrected chi connectivity index (χ1v) is 10.1. The third-order valence-electron chi connectivity index (χ3n) is 5.32. The lowest BCUT2D eigenvalue weighted by molar-refractivity contribution is 0.414. The van der Waals surface area contributed by atoms with Gasteiger partial charge in [0, 0.05) is 6.54 Å². The molecule has 0 radical (unpaired) electrons. The minimum atomic E-state index is -0.0796. The maximum Gasteiger partial charge on any atom is 0.261 e. The smallest absolute Gasteiger partial charge is 0.261 e. The van der Waals surface area contributed by atoms with Gasteiger partial charge in [0.25, 0.3) is 5.56 Å². The molecular weight excluding hydrogens is 388 g/mol. The summed E-state index contributed by atoms with van der Waals surface area (Å²) in [4.78, 5) is 27.4. The molecule has 0 amide bonds. The van der Waals surface area contributed by atoms with Crippen LogP contribution in [0.5, 0.6) is 5.75 Å². The van der Waals surface area contributed by atoms with Crippen LogP contribution in [-0.2, 0) is 13.0 Å². The highest BCUT2D eigenvalue weighted by molar-refractivity contribution is 5.80. The van der Waals surface area contributed by atoms with Crippen molar-refractivity contribution in [3.05, 3.63) is 94.9 Å². The molecule has 0 N–H and O–H groups in total. The zero-order valence-electron chi connectivity index (χ0n) is 17.0. The van der Waals surface area contributed by atoms with Gasteiger partial charge in [-0.1, -0.05) is 36.4 Å². The third kappa shape index (κ3) is 3.64. The Morgan fingerprint density at radius 3 is 2.32 bits per heavy atom. The van der Waals surface area contributed by atoms with Crippen molar-refractivity contribution in [2.45, 2.75) is 13.0 Å². The Morgan fingerprint density at radius 2 is 1.55 bits per heavy atom. The maximum atomic E-state index is 13.4. The lowest BCUT2D eigenvalue weighted by atomic mass is 10.1. The van der Waals surface area contributed by atoms with Crippen molar-refractivity contribution in [3.8, 4) is 17.3 Å². The van der Waals surface area contributed by atoms with Crippen LogP contribution < -0.4 is 10.3 Å². The molecule has 5 aromatic rings. The molecule has 0 bridgehead atoms. The molecular formula is C25H20N4O2. The number of hydrogen-bond donors (Lipinski definition) is 0. The number of fused-ring (bicyclic) bond motifs is 2. The first-order chi connectivity index (χ1) is 15.2. The van der Waals surface area contributed by atoms with E-state index in [4.69, 9.17) is 14.7 Å². The summed E-state index contributed by atoms with van der Waals surface area (Å²) in [7, 11) is 1.65. The van der Waals surface area contributed by atoms with E-state index >= 15 is 0 Å². The summed E-state index contributed by atoms with van der Waals surface area (Å²) < 4.78 is 6.93. The Balaban J connectivity index is 1.62. The zero-order chi connectivity index (χ0) is 21.2. The molecule has 31 heavy (non-hydrogen) atoms. The van der Waals surface area contributed by atoms with Crippen LogP contribution in [0.1, 0.15) is 5.56 Å². The fraction of sp³-hybridized carbons (Fsp3) is 0.120. The predicted molar refractivity (Wildman–Crippen MR) is 121 cm³/mol. The van der Waals surface area contributed by atoms with Gasteiger partial charge < -0.3 is 4.74 Å². The number of methoxy groups -OCH3 is 1. The van der Waals surface area contributed by atoms with Crippen LogP contribution in [-0.4, -0.2) is 26.6 Å². The van der Waals surface area contributed by atoms with Crippen molar-refractivity contribution in [3.63, 3.8) is 0 Å². The molecule has 2 aromatic heterocycles. The fourth-order valence-electron chi connectivity index (χ4n) is 3.67. The minimum absolute atomic E-state index is 0.0796. The van der Waals surface area contributed by atoms with Crippen molar-refractivity contribution in [2.24, 2.45) is 0 Å². The second kappa shape index (κ2) is 7.99. The molecule has 0 atom stereocenters. The lowest BCUT2D eigenvalue weighted by Crippen LogP contribution is -2.25. The van der Waals surface area contributed by atoms with Crippen molar-refractivity contribution >= 4 is 21.9 Å². The number of hydrogen-bond acceptors (Lipinski definition) is 5. The Morgan fingerprint density at radius 1 is 0.839 bits per heavy atom. The number of aromatic nitrogens is 4. The zero-order valence-corrected chi connectivity index (χ0v) is 17.0. The van der Waals surface area contributed by atoms with Gasteiger partial charge in [0.15, 0.2) is 5.82 Å². The first kappa shape index (κ1) is 18.9. The van der Waals surface area contributed by atoms with Crippen molar-refractivity contribution in [1.29, 1.82) is 0 Å². The van der Waals surface area contributed by atoms with Crippen molar-refractivity contribution in [1.82, 2.24) is 19.5 Å². The SMILES string of the molecule is COc1ccc(CCn2c(-c3cnc4ccccc4n3)nc3ccccc3c2=O)cc1. The topological polar surface area (TPSA) is 69.9 Å².